The molecule has 9 heteroatoms. The summed E-state index contributed by atoms with van der Waals surface area (Å²) >= 11 is 6.10. The van der Waals surface area contributed by atoms with E-state index in [1.165, 1.54) is 12.3 Å². The number of halogens is 4. The van der Waals surface area contributed by atoms with E-state index in [-0.39, 0.29) is 27.6 Å². The maximum Gasteiger partial charge on any atom is 0.418 e. The van der Waals surface area contributed by atoms with Gasteiger partial charge in [0.15, 0.2) is 0 Å². The molecular weight excluding hydrogens is 355 g/mol. The SMILES string of the molecule is CCOC(=O)c1c([S@@](C)=O)nc2c(C(F)(F)F)cccc2c1Cl. The number of alkyl halides is 3. The van der Waals surface area contributed by atoms with Gasteiger partial charge in [-0.05, 0) is 13.0 Å². The van der Waals surface area contributed by atoms with Crippen LogP contribution < -0.4 is 0 Å². The first kappa shape index (κ1) is 17.7. The van der Waals surface area contributed by atoms with Gasteiger partial charge < -0.3 is 4.74 Å². The summed E-state index contributed by atoms with van der Waals surface area (Å²) in [7, 11) is -1.83. The number of nitrogens with zero attached hydrogens (tertiary/aromatic N) is 1. The van der Waals surface area contributed by atoms with Gasteiger partial charge in [-0.25, -0.2) is 9.78 Å². The number of carbonyl (C=O) groups excluding carboxylic acids is 1. The first-order valence-electron chi connectivity index (χ1n) is 6.38. The molecule has 0 fully saturated rings. The second kappa shape index (κ2) is 6.45. The molecule has 0 spiro atoms. The molecule has 1 aromatic carbocycles. The molecule has 2 rings (SSSR count). The van der Waals surface area contributed by atoms with Gasteiger partial charge in [-0.2, -0.15) is 13.2 Å². The summed E-state index contributed by atoms with van der Waals surface area (Å²) < 4.78 is 56.0. The van der Waals surface area contributed by atoms with Gasteiger partial charge in [0, 0.05) is 11.6 Å². The van der Waals surface area contributed by atoms with Crippen molar-refractivity contribution in [2.75, 3.05) is 12.9 Å². The summed E-state index contributed by atoms with van der Waals surface area (Å²) in [4.78, 5) is 15.8. The number of ether oxygens (including phenoxy) is 1. The van der Waals surface area contributed by atoms with Gasteiger partial charge >= 0.3 is 12.1 Å². The van der Waals surface area contributed by atoms with Crippen molar-refractivity contribution in [3.05, 3.63) is 34.3 Å². The van der Waals surface area contributed by atoms with E-state index in [2.05, 4.69) is 4.98 Å². The van der Waals surface area contributed by atoms with Crippen molar-refractivity contribution in [2.45, 2.75) is 18.1 Å². The van der Waals surface area contributed by atoms with Crippen LogP contribution in [0.4, 0.5) is 13.2 Å². The molecule has 0 unspecified atom stereocenters. The minimum absolute atomic E-state index is 0.0333. The second-order valence-electron chi connectivity index (χ2n) is 4.48. The third-order valence-corrected chi connectivity index (χ3v) is 4.21. The van der Waals surface area contributed by atoms with Crippen molar-refractivity contribution in [1.29, 1.82) is 0 Å². The van der Waals surface area contributed by atoms with Crippen molar-refractivity contribution in [3.63, 3.8) is 0 Å². The Bertz CT molecular complexity index is 808. The number of benzene rings is 1. The van der Waals surface area contributed by atoms with E-state index in [9.17, 15) is 22.2 Å². The minimum Gasteiger partial charge on any atom is -0.462 e. The molecule has 0 saturated carbocycles. The van der Waals surface area contributed by atoms with Crippen molar-refractivity contribution in [1.82, 2.24) is 4.98 Å². The number of hydrogen-bond acceptors (Lipinski definition) is 4. The number of hydrogen-bond donors (Lipinski definition) is 0. The predicted octanol–water partition coefficient (Wildman–Crippen LogP) is 3.82. The van der Waals surface area contributed by atoms with Gasteiger partial charge in [-0.3, -0.25) is 4.21 Å². The fourth-order valence-electron chi connectivity index (χ4n) is 2.04. The zero-order chi connectivity index (χ0) is 17.4. The average molecular weight is 366 g/mol. The molecule has 0 aliphatic carbocycles. The van der Waals surface area contributed by atoms with E-state index in [0.717, 1.165) is 12.1 Å². The molecule has 2 aromatic rings. The van der Waals surface area contributed by atoms with E-state index in [1.807, 2.05) is 0 Å². The van der Waals surface area contributed by atoms with E-state index < -0.39 is 34.0 Å². The number of aromatic nitrogens is 1. The van der Waals surface area contributed by atoms with E-state index in [4.69, 9.17) is 16.3 Å². The molecule has 0 saturated heterocycles. The molecule has 1 aromatic heterocycles. The molecule has 4 nitrogen and oxygen atoms in total. The number of esters is 1. The molecule has 0 amide bonds. The number of rotatable bonds is 3. The molecule has 0 N–H and O–H groups in total. The number of fused-ring (bicyclic) bond motifs is 1. The summed E-state index contributed by atoms with van der Waals surface area (Å²) in [5, 5.41) is -0.652. The maximum absolute atomic E-state index is 13.1. The molecule has 0 radical (unpaired) electrons. The topological polar surface area (TPSA) is 56.3 Å². The van der Waals surface area contributed by atoms with E-state index in [1.54, 1.807) is 6.92 Å². The first-order chi connectivity index (χ1) is 10.7. The van der Waals surface area contributed by atoms with Crippen molar-refractivity contribution >= 4 is 39.3 Å². The van der Waals surface area contributed by atoms with Gasteiger partial charge in [0.05, 0.1) is 33.5 Å². The summed E-state index contributed by atoms with van der Waals surface area (Å²) in [6.45, 7) is 1.59. The van der Waals surface area contributed by atoms with Gasteiger partial charge in [-0.1, -0.05) is 23.7 Å². The Balaban J connectivity index is 2.90. The molecule has 0 aliphatic rings. The summed E-state index contributed by atoms with van der Waals surface area (Å²) in [6.07, 6.45) is -3.46. The fourth-order valence-corrected chi connectivity index (χ4v) is 3.11. The Kier molecular flexibility index (Phi) is 4.95. The number of carbonyl (C=O) groups is 1. The molecule has 23 heavy (non-hydrogen) atoms. The van der Waals surface area contributed by atoms with Crippen molar-refractivity contribution in [2.24, 2.45) is 0 Å². The van der Waals surface area contributed by atoms with Gasteiger partial charge in [-0.15, -0.1) is 0 Å². The summed E-state index contributed by atoms with van der Waals surface area (Å²) in [5.41, 5.74) is -1.75. The lowest BCUT2D eigenvalue weighted by Gasteiger charge is -2.14. The maximum atomic E-state index is 13.1. The molecular formula is C14H11ClF3NO3S. The number of pyridine rings is 1. The smallest absolute Gasteiger partial charge is 0.418 e. The Labute approximate surface area is 137 Å². The average Bonchev–Trinajstić information content (AvgIpc) is 2.45. The summed E-state index contributed by atoms with van der Waals surface area (Å²) in [6, 6.07) is 3.32. The van der Waals surface area contributed by atoms with Crippen LogP contribution in [0.25, 0.3) is 10.9 Å². The molecule has 1 atom stereocenters. The van der Waals surface area contributed by atoms with Crippen LogP contribution in [0.5, 0.6) is 0 Å². The van der Waals surface area contributed by atoms with Crippen LogP contribution in [-0.4, -0.2) is 28.0 Å². The Hall–Kier alpha value is -1.67. The molecule has 0 aliphatic heterocycles. The monoisotopic (exact) mass is 365 g/mol. The van der Waals surface area contributed by atoms with Crippen LogP contribution in [0, 0.1) is 0 Å². The van der Waals surface area contributed by atoms with Crippen LogP contribution in [0.1, 0.15) is 22.8 Å². The summed E-state index contributed by atoms with van der Waals surface area (Å²) in [5.74, 6) is -0.880. The standard InChI is InChI=1S/C14H11ClF3NO3S/c1-3-22-13(20)9-10(15)7-5-4-6-8(14(16,17)18)11(7)19-12(9)23(2)21/h4-6H,3H2,1-2H3/t23-/m1/s1. The highest BCUT2D eigenvalue weighted by Gasteiger charge is 2.35. The lowest BCUT2D eigenvalue weighted by Crippen LogP contribution is -2.14. The lowest BCUT2D eigenvalue weighted by atomic mass is 10.1. The fraction of sp³-hybridized carbons (Fsp3) is 0.286. The third-order valence-electron chi connectivity index (χ3n) is 2.98. The van der Waals surface area contributed by atoms with E-state index in [0.29, 0.717) is 0 Å². The van der Waals surface area contributed by atoms with Crippen LogP contribution >= 0.6 is 11.6 Å². The zero-order valence-corrected chi connectivity index (χ0v) is 13.6. The highest BCUT2D eigenvalue weighted by Crippen LogP contribution is 2.38. The van der Waals surface area contributed by atoms with Gasteiger partial charge in [0.1, 0.15) is 10.6 Å². The van der Waals surface area contributed by atoms with Gasteiger partial charge in [0.2, 0.25) is 0 Å². The minimum atomic E-state index is -4.66. The lowest BCUT2D eigenvalue weighted by molar-refractivity contribution is -0.136. The molecule has 1 heterocycles. The zero-order valence-electron chi connectivity index (χ0n) is 12.0. The first-order valence-corrected chi connectivity index (χ1v) is 8.32. The van der Waals surface area contributed by atoms with Crippen LogP contribution in [0.15, 0.2) is 23.2 Å². The van der Waals surface area contributed by atoms with Crippen molar-refractivity contribution < 1.29 is 26.9 Å². The van der Waals surface area contributed by atoms with E-state index >= 15 is 0 Å². The number of para-hydroxylation sites is 1. The molecule has 124 valence electrons. The van der Waals surface area contributed by atoms with Crippen molar-refractivity contribution in [3.8, 4) is 0 Å². The highest BCUT2D eigenvalue weighted by atomic mass is 35.5. The quantitative estimate of drug-likeness (QED) is 0.776. The van der Waals surface area contributed by atoms with Crippen LogP contribution in [-0.2, 0) is 21.7 Å². The Morgan fingerprint density at radius 2 is 2.04 bits per heavy atom. The van der Waals surface area contributed by atoms with Gasteiger partial charge in [0.25, 0.3) is 0 Å². The third kappa shape index (κ3) is 3.32. The van der Waals surface area contributed by atoms with Crippen LogP contribution in [0.2, 0.25) is 5.02 Å². The second-order valence-corrected chi connectivity index (χ2v) is 6.15. The highest BCUT2D eigenvalue weighted by molar-refractivity contribution is 7.84. The Morgan fingerprint density at radius 3 is 2.57 bits per heavy atom. The largest absolute Gasteiger partial charge is 0.462 e. The Morgan fingerprint density at radius 1 is 1.39 bits per heavy atom. The molecule has 0 bridgehead atoms. The van der Waals surface area contributed by atoms with Crippen LogP contribution in [0.3, 0.4) is 0 Å². The predicted molar refractivity (Wildman–Crippen MR) is 80.0 cm³/mol. The normalized spacial score (nSPS) is 13.1.